The molecule has 1 atom stereocenters. The van der Waals surface area contributed by atoms with Gasteiger partial charge in [-0.15, -0.1) is 0 Å². The molecular weight excluding hydrogens is 292 g/mol. The fourth-order valence-corrected chi connectivity index (χ4v) is 2.63. The standard InChI is InChI=1S/C17H22N4O2/c1-14(7-10-21-9-4-8-18-21)19-17(22)20-11-12-23-16-6-3-2-5-15(16)13-20/h2-6,8-9,14H,7,10-13H2,1H3,(H,19,22)/t14-/m1/s1. The molecule has 0 radical (unpaired) electrons. The quantitative estimate of drug-likeness (QED) is 0.942. The Morgan fingerprint density at radius 1 is 1.39 bits per heavy atom. The molecule has 3 rings (SSSR count). The average molecular weight is 314 g/mol. The lowest BCUT2D eigenvalue weighted by Crippen LogP contribution is -2.44. The summed E-state index contributed by atoms with van der Waals surface area (Å²) in [6.07, 6.45) is 4.53. The predicted molar refractivity (Wildman–Crippen MR) is 87.2 cm³/mol. The number of hydrogen-bond donors (Lipinski definition) is 1. The van der Waals surface area contributed by atoms with Crippen LogP contribution in [0.15, 0.2) is 42.7 Å². The number of carbonyl (C=O) groups is 1. The minimum absolute atomic E-state index is 0.0433. The van der Waals surface area contributed by atoms with Crippen LogP contribution < -0.4 is 10.1 Å². The van der Waals surface area contributed by atoms with Crippen LogP contribution in [0.2, 0.25) is 0 Å². The van der Waals surface area contributed by atoms with E-state index in [1.54, 1.807) is 11.1 Å². The third kappa shape index (κ3) is 4.03. The molecule has 122 valence electrons. The highest BCUT2D eigenvalue weighted by molar-refractivity contribution is 5.74. The van der Waals surface area contributed by atoms with Crippen LogP contribution in [0.3, 0.4) is 0 Å². The molecule has 0 saturated heterocycles. The van der Waals surface area contributed by atoms with Crippen LogP contribution in [-0.2, 0) is 13.1 Å². The van der Waals surface area contributed by atoms with Gasteiger partial charge in [0.2, 0.25) is 0 Å². The van der Waals surface area contributed by atoms with E-state index in [0.29, 0.717) is 19.7 Å². The highest BCUT2D eigenvalue weighted by atomic mass is 16.5. The topological polar surface area (TPSA) is 59.4 Å². The summed E-state index contributed by atoms with van der Waals surface area (Å²) in [6.45, 7) is 4.50. The minimum atomic E-state index is -0.0433. The molecule has 6 nitrogen and oxygen atoms in total. The van der Waals surface area contributed by atoms with E-state index in [0.717, 1.165) is 24.3 Å². The van der Waals surface area contributed by atoms with Crippen LogP contribution >= 0.6 is 0 Å². The normalized spacial score (nSPS) is 15.3. The van der Waals surface area contributed by atoms with E-state index in [4.69, 9.17) is 4.74 Å². The lowest BCUT2D eigenvalue weighted by atomic mass is 10.2. The number of aromatic nitrogens is 2. The highest BCUT2D eigenvalue weighted by Crippen LogP contribution is 2.22. The first-order valence-corrected chi connectivity index (χ1v) is 7.96. The predicted octanol–water partition coefficient (Wildman–Crippen LogP) is 2.27. The van der Waals surface area contributed by atoms with Gasteiger partial charge in [-0.25, -0.2) is 4.79 Å². The van der Waals surface area contributed by atoms with Gasteiger partial charge in [0.15, 0.2) is 0 Å². The molecule has 0 spiro atoms. The summed E-state index contributed by atoms with van der Waals surface area (Å²) < 4.78 is 7.57. The molecule has 2 amide bonds. The molecule has 6 heteroatoms. The smallest absolute Gasteiger partial charge is 0.318 e. The molecule has 0 aliphatic carbocycles. The van der Waals surface area contributed by atoms with E-state index >= 15 is 0 Å². The molecule has 1 aliphatic heterocycles. The van der Waals surface area contributed by atoms with Crippen LogP contribution in [0.1, 0.15) is 18.9 Å². The summed E-state index contributed by atoms with van der Waals surface area (Å²) in [4.78, 5) is 14.3. The van der Waals surface area contributed by atoms with Gasteiger partial charge in [0, 0.05) is 30.5 Å². The lowest BCUT2D eigenvalue weighted by molar-refractivity contribution is 0.183. The number of benzene rings is 1. The van der Waals surface area contributed by atoms with Crippen LogP contribution in [-0.4, -0.2) is 39.9 Å². The Bertz CT molecular complexity index is 642. The number of carbonyl (C=O) groups excluding carboxylic acids is 1. The lowest BCUT2D eigenvalue weighted by Gasteiger charge is -2.23. The number of nitrogens with zero attached hydrogens (tertiary/aromatic N) is 3. The van der Waals surface area contributed by atoms with Gasteiger partial charge in [-0.2, -0.15) is 5.10 Å². The number of rotatable bonds is 4. The number of hydrogen-bond acceptors (Lipinski definition) is 3. The zero-order chi connectivity index (χ0) is 16.1. The van der Waals surface area contributed by atoms with Crippen molar-refractivity contribution >= 4 is 6.03 Å². The SMILES string of the molecule is C[C@H](CCn1cccn1)NC(=O)N1CCOc2ccccc2C1. The second kappa shape index (κ2) is 7.17. The zero-order valence-electron chi connectivity index (χ0n) is 13.3. The molecule has 1 aliphatic rings. The van der Waals surface area contributed by atoms with Crippen LogP contribution in [0.25, 0.3) is 0 Å². The Hall–Kier alpha value is -2.50. The van der Waals surface area contributed by atoms with Crippen molar-refractivity contribution in [1.29, 1.82) is 0 Å². The first kappa shape index (κ1) is 15.4. The van der Waals surface area contributed by atoms with Crippen LogP contribution in [0, 0.1) is 0 Å². The summed E-state index contributed by atoms with van der Waals surface area (Å²) in [5, 5.41) is 7.23. The Morgan fingerprint density at radius 3 is 3.09 bits per heavy atom. The summed E-state index contributed by atoms with van der Waals surface area (Å²) in [5.41, 5.74) is 1.05. The van der Waals surface area contributed by atoms with Crippen molar-refractivity contribution in [2.24, 2.45) is 0 Å². The first-order chi connectivity index (χ1) is 11.2. The first-order valence-electron chi connectivity index (χ1n) is 7.96. The summed E-state index contributed by atoms with van der Waals surface area (Å²) in [5.74, 6) is 0.870. The molecule has 1 N–H and O–H groups in total. The Balaban J connectivity index is 1.53. The van der Waals surface area contributed by atoms with E-state index in [2.05, 4.69) is 10.4 Å². The number of aryl methyl sites for hydroxylation is 1. The van der Waals surface area contributed by atoms with Gasteiger partial charge in [-0.3, -0.25) is 4.68 Å². The van der Waals surface area contributed by atoms with Crippen molar-refractivity contribution in [1.82, 2.24) is 20.0 Å². The third-order valence-electron chi connectivity index (χ3n) is 3.96. The largest absolute Gasteiger partial charge is 0.491 e. The second-order valence-electron chi connectivity index (χ2n) is 5.79. The van der Waals surface area contributed by atoms with Gasteiger partial charge in [-0.05, 0) is 25.5 Å². The molecule has 2 aromatic rings. The molecule has 2 heterocycles. The van der Waals surface area contributed by atoms with Gasteiger partial charge >= 0.3 is 6.03 Å². The van der Waals surface area contributed by atoms with E-state index in [-0.39, 0.29) is 12.1 Å². The highest BCUT2D eigenvalue weighted by Gasteiger charge is 2.20. The zero-order valence-corrected chi connectivity index (χ0v) is 13.3. The fourth-order valence-electron chi connectivity index (χ4n) is 2.63. The van der Waals surface area contributed by atoms with Gasteiger partial charge in [0.1, 0.15) is 12.4 Å². The number of urea groups is 1. The molecule has 1 aromatic carbocycles. The van der Waals surface area contributed by atoms with Gasteiger partial charge < -0.3 is 15.0 Å². The van der Waals surface area contributed by atoms with Gasteiger partial charge in [0.05, 0.1) is 13.1 Å². The monoisotopic (exact) mass is 314 g/mol. The summed E-state index contributed by atoms with van der Waals surface area (Å²) in [6, 6.07) is 9.82. The van der Waals surface area contributed by atoms with Crippen LogP contribution in [0.5, 0.6) is 5.75 Å². The van der Waals surface area contributed by atoms with Crippen molar-refractivity contribution < 1.29 is 9.53 Å². The molecule has 0 fully saturated rings. The van der Waals surface area contributed by atoms with Crippen molar-refractivity contribution in [3.8, 4) is 5.75 Å². The van der Waals surface area contributed by atoms with Crippen molar-refractivity contribution in [3.05, 3.63) is 48.3 Å². The molecule has 0 bridgehead atoms. The van der Waals surface area contributed by atoms with E-state index in [1.165, 1.54) is 0 Å². The fraction of sp³-hybridized carbons (Fsp3) is 0.412. The average Bonchev–Trinajstić information content (AvgIpc) is 2.97. The Kier molecular flexibility index (Phi) is 4.80. The Labute approximate surface area is 136 Å². The number of para-hydroxylation sites is 1. The van der Waals surface area contributed by atoms with Crippen molar-refractivity contribution in [2.45, 2.75) is 32.5 Å². The van der Waals surface area contributed by atoms with Gasteiger partial charge in [0.25, 0.3) is 0 Å². The maximum absolute atomic E-state index is 12.5. The van der Waals surface area contributed by atoms with E-state index in [9.17, 15) is 4.79 Å². The number of amides is 2. The van der Waals surface area contributed by atoms with E-state index < -0.39 is 0 Å². The maximum Gasteiger partial charge on any atom is 0.318 e. The second-order valence-corrected chi connectivity index (χ2v) is 5.79. The minimum Gasteiger partial charge on any atom is -0.491 e. The number of ether oxygens (including phenoxy) is 1. The summed E-state index contributed by atoms with van der Waals surface area (Å²) >= 11 is 0. The molecule has 0 saturated carbocycles. The third-order valence-corrected chi connectivity index (χ3v) is 3.96. The molecule has 23 heavy (non-hydrogen) atoms. The van der Waals surface area contributed by atoms with Crippen molar-refractivity contribution in [2.75, 3.05) is 13.2 Å². The summed E-state index contributed by atoms with van der Waals surface area (Å²) in [7, 11) is 0. The van der Waals surface area contributed by atoms with Gasteiger partial charge in [-0.1, -0.05) is 18.2 Å². The molecular formula is C17H22N4O2. The molecule has 0 unspecified atom stereocenters. The number of nitrogens with one attached hydrogen (secondary N) is 1. The maximum atomic E-state index is 12.5. The molecule has 1 aromatic heterocycles. The Morgan fingerprint density at radius 2 is 2.26 bits per heavy atom. The number of fused-ring (bicyclic) bond motifs is 1. The van der Waals surface area contributed by atoms with Crippen molar-refractivity contribution in [3.63, 3.8) is 0 Å². The van der Waals surface area contributed by atoms with E-state index in [1.807, 2.05) is 48.1 Å². The van der Waals surface area contributed by atoms with Crippen LogP contribution in [0.4, 0.5) is 4.79 Å².